The Balaban J connectivity index is 1.41. The van der Waals surface area contributed by atoms with Crippen LogP contribution in [0, 0.1) is 6.92 Å². The number of rotatable bonds is 5. The van der Waals surface area contributed by atoms with Crippen molar-refractivity contribution in [1.82, 2.24) is 9.47 Å². The van der Waals surface area contributed by atoms with Gasteiger partial charge in [-0.25, -0.2) is 0 Å². The molecule has 0 radical (unpaired) electrons. The molecule has 0 bridgehead atoms. The Morgan fingerprint density at radius 1 is 1.23 bits per heavy atom. The fourth-order valence-electron chi connectivity index (χ4n) is 4.18. The van der Waals surface area contributed by atoms with Crippen LogP contribution >= 0.6 is 0 Å². The van der Waals surface area contributed by atoms with Crippen molar-refractivity contribution in [1.29, 1.82) is 0 Å². The zero-order valence-electron chi connectivity index (χ0n) is 17.2. The normalized spacial score (nSPS) is 17.6. The van der Waals surface area contributed by atoms with Gasteiger partial charge in [0.05, 0.1) is 11.3 Å². The molecule has 0 saturated carbocycles. The molecule has 1 aromatic carbocycles. The number of nitrogens with one attached hydrogen (secondary N) is 2. The number of aryl methyl sites for hydroxylation is 1. The van der Waals surface area contributed by atoms with E-state index in [1.807, 2.05) is 0 Å². The number of aromatic hydroxyl groups is 1. The van der Waals surface area contributed by atoms with Crippen molar-refractivity contribution >= 4 is 29.1 Å². The zero-order valence-corrected chi connectivity index (χ0v) is 17.2. The Bertz CT molecular complexity index is 1120. The molecule has 1 atom stereocenters. The van der Waals surface area contributed by atoms with E-state index >= 15 is 0 Å². The minimum absolute atomic E-state index is 0.0781. The Kier molecular flexibility index (Phi) is 5.50. The molecule has 3 amide bonds. The quantitative estimate of drug-likeness (QED) is 0.676. The van der Waals surface area contributed by atoms with Crippen molar-refractivity contribution in [3.05, 3.63) is 51.9 Å². The molecule has 2 aliphatic heterocycles. The summed E-state index contributed by atoms with van der Waals surface area (Å²) < 4.78 is 1.50. The lowest BCUT2D eigenvalue weighted by atomic mass is 10.1. The number of pyridine rings is 1. The number of aromatic nitrogens is 1. The van der Waals surface area contributed by atoms with Gasteiger partial charge in [-0.2, -0.15) is 0 Å². The van der Waals surface area contributed by atoms with Crippen molar-refractivity contribution in [2.75, 3.05) is 17.2 Å². The van der Waals surface area contributed by atoms with E-state index in [2.05, 4.69) is 10.6 Å². The number of hydrogen-bond donors (Lipinski definition) is 3. The molecular formula is C22H24N4O5. The lowest BCUT2D eigenvalue weighted by Crippen LogP contribution is -2.40. The number of carbonyl (C=O) groups excluding carboxylic acids is 3. The standard InChI is InChI=1S/C22H24N4O5/c1-13-10-15(27)12-20(29)25(13)8-3-5-19(28)23-14-6-7-17-16(11-14)22(31)26-9-2-4-18(26)21(30)24-17/h6-7,10-12,18,27H,2-5,8-9H2,1H3,(H,23,28)(H,24,30)/t18-/m0/s1. The molecule has 1 fully saturated rings. The summed E-state index contributed by atoms with van der Waals surface area (Å²) in [5, 5.41) is 15.0. The van der Waals surface area contributed by atoms with E-state index in [-0.39, 0.29) is 35.5 Å². The van der Waals surface area contributed by atoms with Crippen molar-refractivity contribution < 1.29 is 19.5 Å². The maximum absolute atomic E-state index is 12.9. The van der Waals surface area contributed by atoms with Gasteiger partial charge in [0.25, 0.3) is 11.5 Å². The Morgan fingerprint density at radius 2 is 2.03 bits per heavy atom. The van der Waals surface area contributed by atoms with Gasteiger partial charge >= 0.3 is 0 Å². The second kappa shape index (κ2) is 8.25. The summed E-state index contributed by atoms with van der Waals surface area (Å²) in [6, 6.07) is 7.06. The summed E-state index contributed by atoms with van der Waals surface area (Å²) in [6.07, 6.45) is 2.06. The predicted octanol–water partition coefficient (Wildman–Crippen LogP) is 1.84. The van der Waals surface area contributed by atoms with Crippen molar-refractivity contribution in [3.63, 3.8) is 0 Å². The van der Waals surface area contributed by atoms with Crippen LogP contribution in [-0.2, 0) is 16.1 Å². The number of fused-ring (bicyclic) bond motifs is 2. The molecule has 2 aliphatic rings. The highest BCUT2D eigenvalue weighted by atomic mass is 16.3. The Morgan fingerprint density at radius 3 is 2.81 bits per heavy atom. The minimum Gasteiger partial charge on any atom is -0.508 e. The second-order valence-electron chi connectivity index (χ2n) is 7.90. The first kappa shape index (κ1) is 20.6. The van der Waals surface area contributed by atoms with Crippen LogP contribution in [0.1, 0.15) is 41.7 Å². The van der Waals surface area contributed by atoms with Crippen LogP contribution in [0.2, 0.25) is 0 Å². The van der Waals surface area contributed by atoms with Gasteiger partial charge in [-0.05, 0) is 50.5 Å². The molecule has 9 heteroatoms. The van der Waals surface area contributed by atoms with E-state index in [1.54, 1.807) is 30.0 Å². The van der Waals surface area contributed by atoms with Gasteiger partial charge in [-0.1, -0.05) is 0 Å². The average Bonchev–Trinajstić information content (AvgIpc) is 3.17. The highest BCUT2D eigenvalue weighted by Gasteiger charge is 2.38. The minimum atomic E-state index is -0.440. The largest absolute Gasteiger partial charge is 0.508 e. The number of carbonyl (C=O) groups is 3. The molecule has 162 valence electrons. The molecule has 31 heavy (non-hydrogen) atoms. The van der Waals surface area contributed by atoms with E-state index in [4.69, 9.17) is 0 Å². The molecule has 0 aliphatic carbocycles. The topological polar surface area (TPSA) is 121 Å². The van der Waals surface area contributed by atoms with E-state index in [1.165, 1.54) is 10.6 Å². The van der Waals surface area contributed by atoms with Gasteiger partial charge in [0.2, 0.25) is 11.8 Å². The second-order valence-corrected chi connectivity index (χ2v) is 7.90. The third kappa shape index (κ3) is 4.16. The number of anilines is 2. The summed E-state index contributed by atoms with van der Waals surface area (Å²) in [7, 11) is 0. The molecule has 4 rings (SSSR count). The van der Waals surface area contributed by atoms with Crippen LogP contribution in [0.4, 0.5) is 11.4 Å². The fourth-order valence-corrected chi connectivity index (χ4v) is 4.18. The summed E-state index contributed by atoms with van der Waals surface area (Å²) in [5.41, 5.74) is 1.59. The van der Waals surface area contributed by atoms with Gasteiger partial charge < -0.3 is 25.2 Å². The summed E-state index contributed by atoms with van der Waals surface area (Å²) >= 11 is 0. The molecule has 2 aromatic rings. The number of amides is 3. The molecule has 0 unspecified atom stereocenters. The maximum Gasteiger partial charge on any atom is 0.256 e. The molecule has 1 saturated heterocycles. The third-order valence-corrected chi connectivity index (χ3v) is 5.71. The van der Waals surface area contributed by atoms with Gasteiger partial charge in [-0.3, -0.25) is 19.2 Å². The lowest BCUT2D eigenvalue weighted by Gasteiger charge is -2.20. The van der Waals surface area contributed by atoms with E-state index in [9.17, 15) is 24.3 Å². The molecule has 0 spiro atoms. The van der Waals surface area contributed by atoms with E-state index in [0.717, 1.165) is 12.5 Å². The maximum atomic E-state index is 12.9. The Labute approximate surface area is 178 Å². The molecule has 9 nitrogen and oxygen atoms in total. The zero-order chi connectivity index (χ0) is 22.1. The molecular weight excluding hydrogens is 400 g/mol. The van der Waals surface area contributed by atoms with Crippen LogP contribution in [0.25, 0.3) is 0 Å². The van der Waals surface area contributed by atoms with Gasteiger partial charge in [0.1, 0.15) is 11.8 Å². The summed E-state index contributed by atoms with van der Waals surface area (Å²) in [6.45, 7) is 2.62. The molecule has 1 aromatic heterocycles. The highest BCUT2D eigenvalue weighted by molar-refractivity contribution is 6.11. The van der Waals surface area contributed by atoms with Gasteiger partial charge in [0, 0.05) is 37.0 Å². The van der Waals surface area contributed by atoms with E-state index in [0.29, 0.717) is 48.6 Å². The van der Waals surface area contributed by atoms with Crippen molar-refractivity contribution in [2.45, 2.75) is 45.2 Å². The highest BCUT2D eigenvalue weighted by Crippen LogP contribution is 2.30. The summed E-state index contributed by atoms with van der Waals surface area (Å²) in [4.78, 5) is 51.2. The van der Waals surface area contributed by atoms with Crippen LogP contribution < -0.4 is 16.2 Å². The van der Waals surface area contributed by atoms with Gasteiger partial charge in [-0.15, -0.1) is 0 Å². The SMILES string of the molecule is Cc1cc(O)cc(=O)n1CCCC(=O)Nc1ccc2c(c1)C(=O)N1CCC[C@H]1C(=O)N2. The monoisotopic (exact) mass is 424 g/mol. The van der Waals surface area contributed by atoms with Crippen LogP contribution in [0.3, 0.4) is 0 Å². The lowest BCUT2D eigenvalue weighted by molar-refractivity contribution is -0.119. The number of hydrogen-bond acceptors (Lipinski definition) is 5. The van der Waals surface area contributed by atoms with E-state index < -0.39 is 6.04 Å². The van der Waals surface area contributed by atoms with Crippen molar-refractivity contribution in [3.8, 4) is 5.75 Å². The first-order chi connectivity index (χ1) is 14.8. The first-order valence-corrected chi connectivity index (χ1v) is 10.3. The fraction of sp³-hybridized carbons (Fsp3) is 0.364. The summed E-state index contributed by atoms with van der Waals surface area (Å²) in [5.74, 6) is -0.713. The Hall–Kier alpha value is -3.62. The van der Waals surface area contributed by atoms with Gasteiger partial charge in [0.15, 0.2) is 0 Å². The van der Waals surface area contributed by atoms with Crippen LogP contribution in [-0.4, -0.2) is 44.9 Å². The third-order valence-electron chi connectivity index (χ3n) is 5.71. The predicted molar refractivity (Wildman–Crippen MR) is 114 cm³/mol. The molecule has 3 N–H and O–H groups in total. The first-order valence-electron chi connectivity index (χ1n) is 10.3. The van der Waals surface area contributed by atoms with Crippen LogP contribution in [0.15, 0.2) is 35.1 Å². The number of nitrogens with zero attached hydrogens (tertiary/aromatic N) is 2. The van der Waals surface area contributed by atoms with Crippen LogP contribution in [0.5, 0.6) is 5.75 Å². The van der Waals surface area contributed by atoms with Crippen molar-refractivity contribution in [2.24, 2.45) is 0 Å². The average molecular weight is 424 g/mol. The molecule has 3 heterocycles. The number of benzene rings is 1. The smallest absolute Gasteiger partial charge is 0.256 e.